The highest BCUT2D eigenvalue weighted by Crippen LogP contribution is 2.21. The lowest BCUT2D eigenvalue weighted by Gasteiger charge is -2.28. The highest BCUT2D eigenvalue weighted by atomic mass is 19.1. The number of urea groups is 1. The predicted octanol–water partition coefficient (Wildman–Crippen LogP) is 4.02. The van der Waals surface area contributed by atoms with Crippen molar-refractivity contribution >= 4 is 17.4 Å². The number of carbonyl (C=O) groups excluding carboxylic acids is 1. The molecular weight excluding hydrogens is 333 g/mol. The SMILES string of the molecule is O=C(NCCOc1cccc(F)c1)Nc1ccc(N2CCCCC2)cc1. The van der Waals surface area contributed by atoms with Crippen molar-refractivity contribution in [2.24, 2.45) is 0 Å². The summed E-state index contributed by atoms with van der Waals surface area (Å²) in [5, 5.41) is 5.51. The van der Waals surface area contributed by atoms with E-state index in [1.54, 1.807) is 12.1 Å². The summed E-state index contributed by atoms with van der Waals surface area (Å²) in [6.07, 6.45) is 3.78. The molecule has 1 aliphatic heterocycles. The fourth-order valence-electron chi connectivity index (χ4n) is 2.97. The highest BCUT2D eigenvalue weighted by Gasteiger charge is 2.10. The molecular formula is C20H24FN3O2. The standard InChI is InChI=1S/C20H24FN3O2/c21-16-5-4-6-19(15-16)26-14-11-22-20(25)23-17-7-9-18(10-8-17)24-12-2-1-3-13-24/h4-10,15H,1-3,11-14H2,(H2,22,23,25). The van der Waals surface area contributed by atoms with Gasteiger partial charge in [0.25, 0.3) is 0 Å². The molecule has 1 saturated heterocycles. The molecule has 1 aliphatic rings. The van der Waals surface area contributed by atoms with Crippen molar-refractivity contribution in [3.63, 3.8) is 0 Å². The van der Waals surface area contributed by atoms with Gasteiger partial charge >= 0.3 is 6.03 Å². The number of benzene rings is 2. The monoisotopic (exact) mass is 357 g/mol. The number of carbonyl (C=O) groups is 1. The molecule has 0 spiro atoms. The van der Waals surface area contributed by atoms with E-state index in [0.717, 1.165) is 18.8 Å². The average Bonchev–Trinajstić information content (AvgIpc) is 2.67. The number of rotatable bonds is 6. The maximum absolute atomic E-state index is 13.0. The van der Waals surface area contributed by atoms with Gasteiger partial charge in [-0.15, -0.1) is 0 Å². The summed E-state index contributed by atoms with van der Waals surface area (Å²) in [5.74, 6) is 0.0988. The van der Waals surface area contributed by atoms with Gasteiger partial charge in [0.15, 0.2) is 0 Å². The van der Waals surface area contributed by atoms with Gasteiger partial charge in [0.1, 0.15) is 18.2 Å². The van der Waals surface area contributed by atoms with Crippen LogP contribution in [0.1, 0.15) is 19.3 Å². The normalized spacial score (nSPS) is 14.0. The van der Waals surface area contributed by atoms with Crippen LogP contribution in [0.5, 0.6) is 5.75 Å². The van der Waals surface area contributed by atoms with Gasteiger partial charge in [-0.25, -0.2) is 9.18 Å². The molecule has 0 saturated carbocycles. The Morgan fingerprint density at radius 3 is 2.58 bits per heavy atom. The summed E-state index contributed by atoms with van der Waals surface area (Å²) in [7, 11) is 0. The second-order valence-corrected chi connectivity index (χ2v) is 6.28. The van der Waals surface area contributed by atoms with Gasteiger partial charge in [-0.3, -0.25) is 0 Å². The molecule has 0 bridgehead atoms. The zero-order valence-corrected chi connectivity index (χ0v) is 14.7. The molecule has 0 aliphatic carbocycles. The molecule has 0 aromatic heterocycles. The van der Waals surface area contributed by atoms with E-state index in [0.29, 0.717) is 12.3 Å². The van der Waals surface area contributed by atoms with Gasteiger partial charge < -0.3 is 20.3 Å². The molecule has 26 heavy (non-hydrogen) atoms. The molecule has 6 heteroatoms. The first-order valence-corrected chi connectivity index (χ1v) is 8.99. The van der Waals surface area contributed by atoms with Crippen LogP contribution in [0.2, 0.25) is 0 Å². The minimum Gasteiger partial charge on any atom is -0.492 e. The zero-order valence-electron chi connectivity index (χ0n) is 14.7. The number of anilines is 2. The maximum atomic E-state index is 13.0. The van der Waals surface area contributed by atoms with Crippen LogP contribution in [-0.2, 0) is 0 Å². The summed E-state index contributed by atoms with van der Waals surface area (Å²) < 4.78 is 18.4. The van der Waals surface area contributed by atoms with Crippen LogP contribution >= 0.6 is 0 Å². The molecule has 3 rings (SSSR count). The van der Waals surface area contributed by atoms with E-state index < -0.39 is 0 Å². The van der Waals surface area contributed by atoms with Gasteiger partial charge in [0, 0.05) is 30.5 Å². The third kappa shape index (κ3) is 5.37. The second kappa shape index (κ2) is 9.08. The Balaban J connectivity index is 1.39. The molecule has 138 valence electrons. The van der Waals surface area contributed by atoms with Crippen molar-refractivity contribution in [2.45, 2.75) is 19.3 Å². The summed E-state index contributed by atoms with van der Waals surface area (Å²) in [6, 6.07) is 13.5. The van der Waals surface area contributed by atoms with Gasteiger partial charge in [0.2, 0.25) is 0 Å². The fraction of sp³-hybridized carbons (Fsp3) is 0.350. The van der Waals surface area contributed by atoms with Crippen LogP contribution in [0.3, 0.4) is 0 Å². The fourth-order valence-corrected chi connectivity index (χ4v) is 2.97. The lowest BCUT2D eigenvalue weighted by atomic mass is 10.1. The van der Waals surface area contributed by atoms with Crippen LogP contribution < -0.4 is 20.3 Å². The van der Waals surface area contributed by atoms with Crippen molar-refractivity contribution < 1.29 is 13.9 Å². The largest absolute Gasteiger partial charge is 0.492 e. The smallest absolute Gasteiger partial charge is 0.319 e. The van der Waals surface area contributed by atoms with Crippen molar-refractivity contribution in [3.8, 4) is 5.75 Å². The molecule has 1 fully saturated rings. The minimum absolute atomic E-state index is 0.269. The number of ether oxygens (including phenoxy) is 1. The first-order chi connectivity index (χ1) is 12.7. The first kappa shape index (κ1) is 18.0. The summed E-state index contributed by atoms with van der Waals surface area (Å²) in [4.78, 5) is 14.3. The molecule has 5 nitrogen and oxygen atoms in total. The van der Waals surface area contributed by atoms with E-state index in [1.165, 1.54) is 37.1 Å². The minimum atomic E-state index is -0.346. The second-order valence-electron chi connectivity index (χ2n) is 6.28. The predicted molar refractivity (Wildman–Crippen MR) is 101 cm³/mol. The lowest BCUT2D eigenvalue weighted by Crippen LogP contribution is -2.32. The van der Waals surface area contributed by atoms with Gasteiger partial charge in [-0.1, -0.05) is 6.07 Å². The molecule has 0 atom stereocenters. The third-order valence-electron chi connectivity index (χ3n) is 4.30. The van der Waals surface area contributed by atoms with Crippen LogP contribution in [0.4, 0.5) is 20.6 Å². The molecule has 0 unspecified atom stereocenters. The molecule has 1 heterocycles. The molecule has 2 amide bonds. The van der Waals surface area contributed by atoms with E-state index in [4.69, 9.17) is 4.74 Å². The Morgan fingerprint density at radius 2 is 1.85 bits per heavy atom. The molecule has 0 radical (unpaired) electrons. The average molecular weight is 357 g/mol. The highest BCUT2D eigenvalue weighted by molar-refractivity contribution is 5.89. The van der Waals surface area contributed by atoms with E-state index >= 15 is 0 Å². The Labute approximate surface area is 153 Å². The quantitative estimate of drug-likeness (QED) is 0.768. The summed E-state index contributed by atoms with van der Waals surface area (Å²) >= 11 is 0. The number of nitrogens with zero attached hydrogens (tertiary/aromatic N) is 1. The van der Waals surface area contributed by atoms with E-state index in [2.05, 4.69) is 15.5 Å². The van der Waals surface area contributed by atoms with Gasteiger partial charge in [-0.05, 0) is 55.7 Å². The van der Waals surface area contributed by atoms with E-state index in [1.807, 2.05) is 24.3 Å². The number of piperidine rings is 1. The summed E-state index contributed by atoms with van der Waals surface area (Å²) in [6.45, 7) is 2.79. The summed E-state index contributed by atoms with van der Waals surface area (Å²) in [5.41, 5.74) is 1.94. The van der Waals surface area contributed by atoms with Crippen LogP contribution in [0.25, 0.3) is 0 Å². The zero-order chi connectivity index (χ0) is 18.2. The first-order valence-electron chi connectivity index (χ1n) is 8.99. The Hall–Kier alpha value is -2.76. The third-order valence-corrected chi connectivity index (χ3v) is 4.30. The number of nitrogens with one attached hydrogen (secondary N) is 2. The maximum Gasteiger partial charge on any atom is 0.319 e. The van der Waals surface area contributed by atoms with Gasteiger partial charge in [-0.2, -0.15) is 0 Å². The van der Waals surface area contributed by atoms with Crippen LogP contribution in [0.15, 0.2) is 48.5 Å². The van der Waals surface area contributed by atoms with Crippen LogP contribution in [-0.4, -0.2) is 32.3 Å². The number of hydrogen-bond donors (Lipinski definition) is 2. The van der Waals surface area contributed by atoms with E-state index in [-0.39, 0.29) is 18.5 Å². The van der Waals surface area contributed by atoms with Crippen molar-refractivity contribution in [2.75, 3.05) is 36.5 Å². The van der Waals surface area contributed by atoms with E-state index in [9.17, 15) is 9.18 Å². The van der Waals surface area contributed by atoms with Gasteiger partial charge in [0.05, 0.1) is 6.54 Å². The van der Waals surface area contributed by atoms with Crippen molar-refractivity contribution in [1.82, 2.24) is 5.32 Å². The number of amides is 2. The van der Waals surface area contributed by atoms with Crippen LogP contribution in [0, 0.1) is 5.82 Å². The molecule has 2 N–H and O–H groups in total. The Kier molecular flexibility index (Phi) is 6.30. The van der Waals surface area contributed by atoms with Crippen molar-refractivity contribution in [1.29, 1.82) is 0 Å². The molecule has 2 aromatic rings. The van der Waals surface area contributed by atoms with Crippen molar-refractivity contribution in [3.05, 3.63) is 54.3 Å². The number of hydrogen-bond acceptors (Lipinski definition) is 3. The topological polar surface area (TPSA) is 53.6 Å². The number of halogens is 1. The lowest BCUT2D eigenvalue weighted by molar-refractivity contribution is 0.247. The Morgan fingerprint density at radius 1 is 1.08 bits per heavy atom. The molecule has 2 aromatic carbocycles. The Bertz CT molecular complexity index is 715.